The number of hydrogen-bond donors (Lipinski definition) is 0. The summed E-state index contributed by atoms with van der Waals surface area (Å²) >= 11 is 0. The molecule has 0 amide bonds. The molecule has 0 radical (unpaired) electrons. The maximum Gasteiger partial charge on any atom is 0.137 e. The van der Waals surface area contributed by atoms with Gasteiger partial charge < -0.3 is 14.5 Å². The van der Waals surface area contributed by atoms with Crippen LogP contribution in [0.3, 0.4) is 0 Å². The predicted octanol–water partition coefficient (Wildman–Crippen LogP) is 14.2. The van der Waals surface area contributed by atoms with Crippen LogP contribution in [0.15, 0.2) is 104 Å². The zero-order valence-electron chi connectivity index (χ0n) is 37.2. The van der Waals surface area contributed by atoms with Gasteiger partial charge in [-0.05, 0) is 116 Å². The molecule has 0 saturated carbocycles. The predicted molar refractivity (Wildman–Crippen MR) is 244 cm³/mol. The first-order valence-electron chi connectivity index (χ1n) is 20.6. The fourth-order valence-electron chi connectivity index (χ4n) is 7.56. The van der Waals surface area contributed by atoms with Crippen LogP contribution in [-0.2, 0) is 27.1 Å². The lowest BCUT2D eigenvalue weighted by Gasteiger charge is -2.29. The van der Waals surface area contributed by atoms with Gasteiger partial charge in [-0.1, -0.05) is 116 Å². The molecule has 57 heavy (non-hydrogen) atoms. The van der Waals surface area contributed by atoms with Crippen LogP contribution in [-0.4, -0.2) is 16.2 Å². The third-order valence-electron chi connectivity index (χ3n) is 11.5. The van der Waals surface area contributed by atoms with Crippen LogP contribution in [0, 0.1) is 0 Å². The molecule has 7 rings (SSSR count). The minimum Gasteiger partial charge on any atom is -0.457 e. The van der Waals surface area contributed by atoms with Gasteiger partial charge in [0, 0.05) is 52.9 Å². The SMILES string of the molecule is CC(C)(C)c1cc(Oc2ccc3c4cc(C(C)(C)C)ccc4n(-c4cc(C(C)(C)C)ccn4)c3c2)cc(N2C=CN(c3cc(C(C)(C)C)cc(C(C)(C)C)c3)C2)c1. The fourth-order valence-corrected chi connectivity index (χ4v) is 7.56. The third kappa shape index (κ3) is 8.22. The topological polar surface area (TPSA) is 33.5 Å². The maximum atomic E-state index is 6.89. The molecular weight excluding hydrogens is 697 g/mol. The molecule has 0 bridgehead atoms. The molecule has 298 valence electrons. The van der Waals surface area contributed by atoms with Gasteiger partial charge >= 0.3 is 0 Å². The normalized spacial score (nSPS) is 14.4. The molecule has 5 heteroatoms. The Morgan fingerprint density at radius 2 is 0.965 bits per heavy atom. The van der Waals surface area contributed by atoms with Crippen molar-refractivity contribution in [1.29, 1.82) is 0 Å². The Morgan fingerprint density at radius 1 is 0.439 bits per heavy atom. The van der Waals surface area contributed by atoms with Crippen LogP contribution in [0.25, 0.3) is 27.6 Å². The van der Waals surface area contributed by atoms with Gasteiger partial charge in [0.2, 0.25) is 0 Å². The summed E-state index contributed by atoms with van der Waals surface area (Å²) in [6, 6.07) is 31.6. The maximum absolute atomic E-state index is 6.89. The molecule has 2 aromatic heterocycles. The summed E-state index contributed by atoms with van der Waals surface area (Å²) in [5.74, 6) is 2.52. The Labute approximate surface area is 342 Å². The summed E-state index contributed by atoms with van der Waals surface area (Å²) in [6.07, 6.45) is 6.34. The van der Waals surface area contributed by atoms with Crippen LogP contribution in [0.4, 0.5) is 11.4 Å². The molecule has 5 nitrogen and oxygen atoms in total. The van der Waals surface area contributed by atoms with Crippen molar-refractivity contribution in [2.24, 2.45) is 0 Å². The molecule has 3 heterocycles. The van der Waals surface area contributed by atoms with Gasteiger partial charge in [-0.25, -0.2) is 4.98 Å². The van der Waals surface area contributed by atoms with E-state index in [1.807, 2.05) is 6.20 Å². The van der Waals surface area contributed by atoms with Gasteiger partial charge in [-0.3, -0.25) is 4.57 Å². The van der Waals surface area contributed by atoms with Crippen molar-refractivity contribution < 1.29 is 4.74 Å². The van der Waals surface area contributed by atoms with Crippen molar-refractivity contribution >= 4 is 33.2 Å². The van der Waals surface area contributed by atoms with Gasteiger partial charge in [0.05, 0.1) is 17.7 Å². The van der Waals surface area contributed by atoms with Gasteiger partial charge in [-0.2, -0.15) is 0 Å². The molecule has 0 aliphatic carbocycles. The minimum atomic E-state index is -0.0786. The Hall–Kier alpha value is -5.03. The highest BCUT2D eigenvalue weighted by Gasteiger charge is 2.26. The molecule has 0 saturated heterocycles. The van der Waals surface area contributed by atoms with E-state index in [9.17, 15) is 0 Å². The van der Waals surface area contributed by atoms with Crippen LogP contribution in [0.2, 0.25) is 0 Å². The Bertz CT molecular complexity index is 2470. The lowest BCUT2D eigenvalue weighted by molar-refractivity contribution is 0.479. The lowest BCUT2D eigenvalue weighted by Crippen LogP contribution is -2.26. The van der Waals surface area contributed by atoms with Gasteiger partial charge in [0.25, 0.3) is 0 Å². The van der Waals surface area contributed by atoms with E-state index in [0.717, 1.165) is 34.0 Å². The number of pyridine rings is 1. The number of hydrogen-bond acceptors (Lipinski definition) is 4. The Morgan fingerprint density at radius 3 is 1.53 bits per heavy atom. The Balaban J connectivity index is 1.29. The molecule has 0 unspecified atom stereocenters. The molecule has 0 fully saturated rings. The standard InChI is InChI=1S/C52H64N4O/c1-48(2,3)34-16-19-45-44(29-34)43-18-17-41(32-46(43)56(45)47-30-35(20-21-53-47)49(4,5)6)57-42-28-38(52(13,14)15)27-40(31-42)55-23-22-54(33-55)39-25-36(50(7,8)9)24-37(26-39)51(10,11)12/h16-32H,33H2,1-15H3. The van der Waals surface area contributed by atoms with Crippen LogP contribution < -0.4 is 14.5 Å². The van der Waals surface area contributed by atoms with Crippen molar-refractivity contribution in [1.82, 2.24) is 9.55 Å². The average Bonchev–Trinajstić information content (AvgIpc) is 3.73. The van der Waals surface area contributed by atoms with Crippen molar-refractivity contribution in [3.63, 3.8) is 0 Å². The molecule has 1 aliphatic rings. The van der Waals surface area contributed by atoms with Gasteiger partial charge in [0.15, 0.2) is 0 Å². The number of fused-ring (bicyclic) bond motifs is 3. The van der Waals surface area contributed by atoms with Crippen molar-refractivity contribution in [3.8, 4) is 17.3 Å². The summed E-state index contributed by atoms with van der Waals surface area (Å²) in [6.45, 7) is 34.9. The van der Waals surface area contributed by atoms with E-state index in [4.69, 9.17) is 9.72 Å². The van der Waals surface area contributed by atoms with E-state index in [1.165, 1.54) is 44.3 Å². The van der Waals surface area contributed by atoms with Gasteiger partial charge in [0.1, 0.15) is 17.3 Å². The van der Waals surface area contributed by atoms with E-state index in [2.05, 4.69) is 216 Å². The van der Waals surface area contributed by atoms with Crippen LogP contribution in [0.1, 0.15) is 132 Å². The quantitative estimate of drug-likeness (QED) is 0.175. The summed E-state index contributed by atoms with van der Waals surface area (Å²) < 4.78 is 9.19. The highest BCUT2D eigenvalue weighted by molar-refractivity contribution is 6.09. The van der Waals surface area contributed by atoms with Crippen LogP contribution >= 0.6 is 0 Å². The molecule has 0 N–H and O–H groups in total. The lowest BCUT2D eigenvalue weighted by atomic mass is 9.80. The van der Waals surface area contributed by atoms with E-state index in [0.29, 0.717) is 6.67 Å². The number of benzene rings is 4. The Kier molecular flexibility index (Phi) is 9.74. The first-order chi connectivity index (χ1) is 26.4. The van der Waals surface area contributed by atoms with E-state index < -0.39 is 0 Å². The zero-order valence-corrected chi connectivity index (χ0v) is 37.2. The summed E-state index contributed by atoms with van der Waals surface area (Å²) in [5, 5.41) is 2.40. The summed E-state index contributed by atoms with van der Waals surface area (Å²) in [4.78, 5) is 9.62. The molecule has 6 aromatic rings. The second kappa shape index (κ2) is 13.8. The first kappa shape index (κ1) is 40.2. The van der Waals surface area contributed by atoms with Gasteiger partial charge in [-0.15, -0.1) is 0 Å². The number of ether oxygens (including phenoxy) is 1. The highest BCUT2D eigenvalue weighted by atomic mass is 16.5. The van der Waals surface area contributed by atoms with Crippen LogP contribution in [0.5, 0.6) is 11.5 Å². The van der Waals surface area contributed by atoms with Crippen molar-refractivity contribution in [2.75, 3.05) is 16.5 Å². The molecular formula is C52H64N4O. The van der Waals surface area contributed by atoms with Crippen molar-refractivity contribution in [3.05, 3.63) is 131 Å². The number of rotatable bonds is 5. The smallest absolute Gasteiger partial charge is 0.137 e. The molecule has 4 aromatic carbocycles. The zero-order chi connectivity index (χ0) is 41.5. The molecule has 1 aliphatic heterocycles. The number of aromatic nitrogens is 2. The second-order valence-corrected chi connectivity index (χ2v) is 21.4. The first-order valence-corrected chi connectivity index (χ1v) is 20.6. The van der Waals surface area contributed by atoms with E-state index >= 15 is 0 Å². The summed E-state index contributed by atoms with van der Waals surface area (Å²) in [7, 11) is 0. The largest absolute Gasteiger partial charge is 0.457 e. The summed E-state index contributed by atoms with van der Waals surface area (Å²) in [5.41, 5.74) is 11.1. The molecule has 0 atom stereocenters. The van der Waals surface area contributed by atoms with E-state index in [1.54, 1.807) is 0 Å². The fraction of sp³-hybridized carbons (Fsp3) is 0.404. The molecule has 0 spiro atoms. The average molecular weight is 761 g/mol. The third-order valence-corrected chi connectivity index (χ3v) is 11.5. The minimum absolute atomic E-state index is 0.00665. The monoisotopic (exact) mass is 761 g/mol. The highest BCUT2D eigenvalue weighted by Crippen LogP contribution is 2.41. The van der Waals surface area contributed by atoms with E-state index in [-0.39, 0.29) is 27.1 Å². The number of nitrogens with zero attached hydrogens (tertiary/aromatic N) is 4. The second-order valence-electron chi connectivity index (χ2n) is 21.4. The van der Waals surface area contributed by atoms with Crippen molar-refractivity contribution in [2.45, 2.75) is 131 Å². The number of anilines is 2.